The van der Waals surface area contributed by atoms with E-state index in [1.54, 1.807) is 0 Å². The number of hydrogen-bond donors (Lipinski definition) is 1. The number of carbonyl (C=O) groups is 2. The number of allylic oxidation sites excluding steroid dienone is 2. The predicted octanol–water partition coefficient (Wildman–Crippen LogP) is 16.0. The van der Waals surface area contributed by atoms with Gasteiger partial charge in [-0.15, -0.1) is 0 Å². The van der Waals surface area contributed by atoms with Crippen LogP contribution < -0.4 is 0 Å². The average molecular weight is 843 g/mol. The Bertz CT molecular complexity index is 957. The van der Waals surface area contributed by atoms with Crippen LogP contribution in [0.4, 0.5) is 0 Å². The minimum atomic E-state index is -4.26. The Kier molecular flexibility index (Phi) is 44.4. The highest BCUT2D eigenvalue weighted by Crippen LogP contribution is 2.42. The second-order valence-electron chi connectivity index (χ2n) is 17.0. The zero-order valence-corrected chi connectivity index (χ0v) is 39.4. The second kappa shape index (κ2) is 45.3. The van der Waals surface area contributed by atoms with E-state index in [-0.39, 0.29) is 19.0 Å². The molecule has 0 aliphatic heterocycles. The molecule has 0 spiro atoms. The lowest BCUT2D eigenvalue weighted by Crippen LogP contribution is -2.29. The molecule has 2 unspecified atom stereocenters. The fourth-order valence-corrected chi connectivity index (χ4v) is 7.88. The molecular formula is C49H95O8P. The molecule has 0 saturated heterocycles. The summed E-state index contributed by atoms with van der Waals surface area (Å²) in [4.78, 5) is 34.6. The van der Waals surface area contributed by atoms with E-state index < -0.39 is 26.5 Å². The molecule has 9 heteroatoms. The number of esters is 2. The van der Waals surface area contributed by atoms with Crippen molar-refractivity contribution in [2.24, 2.45) is 0 Å². The highest BCUT2D eigenvalue weighted by atomic mass is 31.2. The molecule has 1 N–H and O–H groups in total. The van der Waals surface area contributed by atoms with Crippen LogP contribution >= 0.6 is 7.82 Å². The average Bonchev–Trinajstić information content (AvgIpc) is 3.21. The van der Waals surface area contributed by atoms with Gasteiger partial charge in [0.15, 0.2) is 6.10 Å². The molecule has 58 heavy (non-hydrogen) atoms. The Morgan fingerprint density at radius 2 is 0.776 bits per heavy atom. The molecular weight excluding hydrogens is 748 g/mol. The van der Waals surface area contributed by atoms with E-state index in [1.165, 1.54) is 180 Å². The van der Waals surface area contributed by atoms with Crippen molar-refractivity contribution in [3.8, 4) is 0 Å². The van der Waals surface area contributed by atoms with Crippen molar-refractivity contribution in [2.45, 2.75) is 270 Å². The van der Waals surface area contributed by atoms with Gasteiger partial charge in [0.25, 0.3) is 0 Å². The van der Waals surface area contributed by atoms with Crippen LogP contribution in [-0.4, -0.2) is 43.3 Å². The van der Waals surface area contributed by atoms with E-state index in [0.29, 0.717) is 12.8 Å². The Labute approximate surface area is 359 Å². The van der Waals surface area contributed by atoms with Crippen LogP contribution in [0.3, 0.4) is 0 Å². The fraction of sp³-hybridized carbons (Fsp3) is 0.918. The van der Waals surface area contributed by atoms with Gasteiger partial charge in [-0.3, -0.25) is 18.6 Å². The first-order valence-electron chi connectivity index (χ1n) is 24.9. The van der Waals surface area contributed by atoms with Gasteiger partial charge in [0, 0.05) is 20.0 Å². The molecule has 344 valence electrons. The van der Waals surface area contributed by atoms with Gasteiger partial charge < -0.3 is 14.4 Å². The van der Waals surface area contributed by atoms with E-state index in [0.717, 1.165) is 58.5 Å². The molecule has 8 nitrogen and oxygen atoms in total. The summed E-state index contributed by atoms with van der Waals surface area (Å²) in [5.41, 5.74) is 0. The summed E-state index contributed by atoms with van der Waals surface area (Å²) >= 11 is 0. The molecule has 0 amide bonds. The van der Waals surface area contributed by atoms with Gasteiger partial charge in [-0.05, 0) is 38.5 Å². The maximum atomic E-state index is 12.5. The summed E-state index contributed by atoms with van der Waals surface area (Å²) in [5.74, 6) is -0.798. The molecule has 0 radical (unpaired) electrons. The van der Waals surface area contributed by atoms with E-state index in [9.17, 15) is 19.0 Å². The van der Waals surface area contributed by atoms with Gasteiger partial charge in [-0.2, -0.15) is 0 Å². The standard InChI is InChI=1S/C49H95O8P/c1-4-6-8-10-12-14-16-18-20-21-22-23-24-25-26-27-28-30-31-33-35-37-39-41-43-48(50)55-45-47(46-56-58(52,53)54-3)57-49(51)44-42-40-38-36-34-32-29-19-17-15-13-11-9-7-5-2/h19,29,47H,4-18,20-28,30-46H2,1-3H3,(H,52,53)/b29-19-. The quantitative estimate of drug-likeness (QED) is 0.0279. The Morgan fingerprint density at radius 1 is 0.466 bits per heavy atom. The van der Waals surface area contributed by atoms with Crippen molar-refractivity contribution >= 4 is 19.8 Å². The van der Waals surface area contributed by atoms with Crippen LogP contribution in [0.25, 0.3) is 0 Å². The monoisotopic (exact) mass is 843 g/mol. The first-order chi connectivity index (χ1) is 28.3. The molecule has 0 aromatic carbocycles. The van der Waals surface area contributed by atoms with Crippen molar-refractivity contribution in [3.05, 3.63) is 12.2 Å². The van der Waals surface area contributed by atoms with Crippen molar-refractivity contribution in [3.63, 3.8) is 0 Å². The summed E-state index contributed by atoms with van der Waals surface area (Å²) in [6.07, 6.45) is 51.4. The summed E-state index contributed by atoms with van der Waals surface area (Å²) in [7, 11) is -3.20. The highest BCUT2D eigenvalue weighted by molar-refractivity contribution is 7.47. The Hall–Kier alpha value is -1.21. The van der Waals surface area contributed by atoms with Gasteiger partial charge >= 0.3 is 19.8 Å². The normalized spacial score (nSPS) is 13.2. The number of ether oxygens (including phenoxy) is 2. The third-order valence-corrected chi connectivity index (χ3v) is 12.2. The maximum Gasteiger partial charge on any atom is 0.472 e. The molecule has 0 aromatic rings. The number of unbranched alkanes of at least 4 members (excludes halogenated alkanes) is 34. The lowest BCUT2D eigenvalue weighted by atomic mass is 10.0. The smallest absolute Gasteiger partial charge is 0.462 e. The van der Waals surface area contributed by atoms with Crippen LogP contribution in [0.1, 0.15) is 264 Å². The highest BCUT2D eigenvalue weighted by Gasteiger charge is 2.24. The Morgan fingerprint density at radius 3 is 1.12 bits per heavy atom. The topological polar surface area (TPSA) is 108 Å². The number of phosphoric acid groups is 1. The molecule has 0 heterocycles. The lowest BCUT2D eigenvalue weighted by Gasteiger charge is -2.19. The zero-order valence-electron chi connectivity index (χ0n) is 38.5. The SMILES string of the molecule is CCCCCCCC/C=C\CCCCCCCC(=O)OC(COC(=O)CCCCCCCCCCCCCCCCCCCCCCCCCC)COP(=O)(O)OC. The first kappa shape index (κ1) is 56.8. The summed E-state index contributed by atoms with van der Waals surface area (Å²) in [5, 5.41) is 0. The molecule has 0 aliphatic carbocycles. The number of rotatable bonds is 47. The van der Waals surface area contributed by atoms with Crippen LogP contribution in [0.2, 0.25) is 0 Å². The van der Waals surface area contributed by atoms with Crippen LogP contribution in [0.5, 0.6) is 0 Å². The summed E-state index contributed by atoms with van der Waals surface area (Å²) in [6.45, 7) is 3.92. The number of hydrogen-bond acceptors (Lipinski definition) is 7. The minimum absolute atomic E-state index is 0.222. The molecule has 0 fully saturated rings. The molecule has 0 rings (SSSR count). The zero-order chi connectivity index (χ0) is 42.5. The second-order valence-corrected chi connectivity index (χ2v) is 18.5. The fourth-order valence-electron chi connectivity index (χ4n) is 7.42. The van der Waals surface area contributed by atoms with Gasteiger partial charge in [-0.25, -0.2) is 4.57 Å². The van der Waals surface area contributed by atoms with E-state index in [1.807, 2.05) is 0 Å². The summed E-state index contributed by atoms with van der Waals surface area (Å²) < 4.78 is 32.1. The Balaban J connectivity index is 3.83. The third-order valence-electron chi connectivity index (χ3n) is 11.3. The maximum absolute atomic E-state index is 12.5. The van der Waals surface area contributed by atoms with E-state index in [4.69, 9.17) is 14.0 Å². The predicted molar refractivity (Wildman–Crippen MR) is 244 cm³/mol. The third kappa shape index (κ3) is 44.3. The largest absolute Gasteiger partial charge is 0.472 e. The van der Waals surface area contributed by atoms with Gasteiger partial charge in [0.2, 0.25) is 0 Å². The van der Waals surface area contributed by atoms with Gasteiger partial charge in [0.1, 0.15) is 6.61 Å². The molecule has 2 atom stereocenters. The number of carbonyl (C=O) groups excluding carboxylic acids is 2. The molecule has 0 bridgehead atoms. The first-order valence-corrected chi connectivity index (χ1v) is 26.4. The van der Waals surface area contributed by atoms with Gasteiger partial charge in [-0.1, -0.05) is 225 Å². The van der Waals surface area contributed by atoms with E-state index >= 15 is 0 Å². The minimum Gasteiger partial charge on any atom is -0.462 e. The van der Waals surface area contributed by atoms with Crippen LogP contribution in [0.15, 0.2) is 12.2 Å². The lowest BCUT2D eigenvalue weighted by molar-refractivity contribution is -0.161. The van der Waals surface area contributed by atoms with Crippen molar-refractivity contribution in [2.75, 3.05) is 20.3 Å². The number of phosphoric ester groups is 1. The van der Waals surface area contributed by atoms with Gasteiger partial charge in [0.05, 0.1) is 6.61 Å². The molecule has 0 saturated carbocycles. The van der Waals surface area contributed by atoms with E-state index in [2.05, 4.69) is 30.5 Å². The van der Waals surface area contributed by atoms with Crippen molar-refractivity contribution in [1.29, 1.82) is 0 Å². The molecule has 0 aromatic heterocycles. The summed E-state index contributed by atoms with van der Waals surface area (Å²) in [6, 6.07) is 0. The van der Waals surface area contributed by atoms with Crippen LogP contribution in [0, 0.1) is 0 Å². The van der Waals surface area contributed by atoms with Crippen molar-refractivity contribution < 1.29 is 37.6 Å². The van der Waals surface area contributed by atoms with Crippen molar-refractivity contribution in [1.82, 2.24) is 0 Å². The molecule has 0 aliphatic rings. The van der Waals surface area contributed by atoms with Crippen LogP contribution in [-0.2, 0) is 32.7 Å².